The number of hydrogen-bond acceptors (Lipinski definition) is 5. The predicted molar refractivity (Wildman–Crippen MR) is 66.6 cm³/mol. The van der Waals surface area contributed by atoms with E-state index in [1.807, 2.05) is 17.9 Å². The maximum Gasteiger partial charge on any atom is 0.243 e. The highest BCUT2D eigenvalue weighted by Gasteiger charge is 2.32. The monoisotopic (exact) mass is 258 g/mol. The fourth-order valence-electron chi connectivity index (χ4n) is 2.20. The van der Waals surface area contributed by atoms with Gasteiger partial charge in [-0.25, -0.2) is 4.98 Å². The van der Waals surface area contributed by atoms with E-state index in [-0.39, 0.29) is 24.4 Å². The minimum atomic E-state index is -0.309. The molecule has 2 amide bonds. The number of amides is 2. The van der Waals surface area contributed by atoms with Gasteiger partial charge in [0.2, 0.25) is 11.8 Å². The maximum atomic E-state index is 11.7. The van der Waals surface area contributed by atoms with Gasteiger partial charge in [-0.05, 0) is 24.1 Å². The lowest BCUT2D eigenvalue weighted by Gasteiger charge is -2.33. The van der Waals surface area contributed by atoms with E-state index >= 15 is 0 Å². The van der Waals surface area contributed by atoms with Gasteiger partial charge in [0.1, 0.15) is 11.8 Å². The zero-order valence-electron chi connectivity index (χ0n) is 10.6. The topological polar surface area (TPSA) is 86.1 Å². The van der Waals surface area contributed by atoms with Crippen molar-refractivity contribution in [3.8, 4) is 6.07 Å². The van der Waals surface area contributed by atoms with E-state index in [0.29, 0.717) is 18.7 Å². The largest absolute Gasteiger partial charge is 0.294 e. The Hall–Kier alpha value is -2.26. The summed E-state index contributed by atoms with van der Waals surface area (Å²) in [6.07, 6.45) is 2.19. The van der Waals surface area contributed by atoms with E-state index in [1.165, 1.54) is 0 Å². The summed E-state index contributed by atoms with van der Waals surface area (Å²) in [5, 5.41) is 11.1. The Kier molecular flexibility index (Phi) is 3.88. The summed E-state index contributed by atoms with van der Waals surface area (Å²) < 4.78 is 0. The lowest BCUT2D eigenvalue weighted by Crippen LogP contribution is -2.57. The first-order valence-electron chi connectivity index (χ1n) is 6.06. The fourth-order valence-corrected chi connectivity index (χ4v) is 2.20. The Labute approximate surface area is 111 Å². The average molecular weight is 258 g/mol. The molecule has 1 fully saturated rings. The van der Waals surface area contributed by atoms with E-state index in [0.717, 1.165) is 5.56 Å². The molecular weight excluding hydrogens is 244 g/mol. The Morgan fingerprint density at radius 1 is 1.58 bits per heavy atom. The number of nitriles is 1. The normalized spacial score (nSPS) is 19.9. The number of piperazine rings is 1. The van der Waals surface area contributed by atoms with E-state index < -0.39 is 0 Å². The molecule has 1 N–H and O–H groups in total. The van der Waals surface area contributed by atoms with Gasteiger partial charge in [-0.2, -0.15) is 5.26 Å². The van der Waals surface area contributed by atoms with Crippen molar-refractivity contribution in [1.82, 2.24) is 15.2 Å². The molecule has 98 valence electrons. The first-order chi connectivity index (χ1) is 9.13. The highest BCUT2D eigenvalue weighted by atomic mass is 16.2. The molecule has 0 bridgehead atoms. The average Bonchev–Trinajstić information content (AvgIpc) is 2.38. The first-order valence-corrected chi connectivity index (χ1v) is 6.06. The van der Waals surface area contributed by atoms with Crippen LogP contribution in [0.2, 0.25) is 0 Å². The third kappa shape index (κ3) is 2.95. The van der Waals surface area contributed by atoms with Crippen LogP contribution < -0.4 is 5.32 Å². The standard InChI is InChI=1S/C13H14N4O2/c1-2-11-13(19)16-12(18)8-17(11)7-9-3-4-15-10(5-9)6-14/h3-5,11H,2,7-8H2,1H3,(H,16,18,19). The molecule has 0 aromatic carbocycles. The van der Waals surface area contributed by atoms with E-state index in [9.17, 15) is 9.59 Å². The van der Waals surface area contributed by atoms with Crippen LogP contribution in [-0.2, 0) is 16.1 Å². The number of carbonyl (C=O) groups is 2. The van der Waals surface area contributed by atoms with E-state index in [1.54, 1.807) is 18.3 Å². The summed E-state index contributed by atoms with van der Waals surface area (Å²) in [5.74, 6) is -0.544. The quantitative estimate of drug-likeness (QED) is 0.782. The Bertz CT molecular complexity index is 550. The van der Waals surface area contributed by atoms with Gasteiger partial charge in [-0.1, -0.05) is 6.92 Å². The fraction of sp³-hybridized carbons (Fsp3) is 0.385. The number of aromatic nitrogens is 1. The summed E-state index contributed by atoms with van der Waals surface area (Å²) in [4.78, 5) is 28.9. The second kappa shape index (κ2) is 5.59. The Balaban J connectivity index is 2.17. The van der Waals surface area contributed by atoms with Gasteiger partial charge < -0.3 is 0 Å². The lowest BCUT2D eigenvalue weighted by molar-refractivity contribution is -0.140. The highest BCUT2D eigenvalue weighted by Crippen LogP contribution is 2.14. The van der Waals surface area contributed by atoms with Gasteiger partial charge in [0.05, 0.1) is 12.6 Å². The van der Waals surface area contributed by atoms with Crippen molar-refractivity contribution in [1.29, 1.82) is 5.26 Å². The van der Waals surface area contributed by atoms with Gasteiger partial charge in [-0.15, -0.1) is 0 Å². The molecule has 0 aliphatic carbocycles. The summed E-state index contributed by atoms with van der Waals surface area (Å²) >= 11 is 0. The zero-order chi connectivity index (χ0) is 13.8. The predicted octanol–water partition coefficient (Wildman–Crippen LogP) is 0.190. The van der Waals surface area contributed by atoms with Crippen molar-refractivity contribution in [2.24, 2.45) is 0 Å². The van der Waals surface area contributed by atoms with Gasteiger partial charge in [0.15, 0.2) is 0 Å². The number of imide groups is 1. The molecule has 1 aliphatic rings. The number of nitrogens with one attached hydrogen (secondary N) is 1. The molecule has 1 atom stereocenters. The molecule has 0 radical (unpaired) electrons. The van der Waals surface area contributed by atoms with Crippen molar-refractivity contribution >= 4 is 11.8 Å². The lowest BCUT2D eigenvalue weighted by atomic mass is 10.1. The number of hydrogen-bond donors (Lipinski definition) is 1. The molecule has 2 heterocycles. The highest BCUT2D eigenvalue weighted by molar-refractivity contribution is 6.01. The molecule has 1 aliphatic heterocycles. The molecule has 6 nitrogen and oxygen atoms in total. The van der Waals surface area contributed by atoms with Crippen LogP contribution >= 0.6 is 0 Å². The van der Waals surface area contributed by atoms with Crippen molar-refractivity contribution in [3.05, 3.63) is 29.6 Å². The Morgan fingerprint density at radius 2 is 2.37 bits per heavy atom. The third-order valence-electron chi connectivity index (χ3n) is 3.06. The van der Waals surface area contributed by atoms with Crippen LogP contribution in [-0.4, -0.2) is 34.3 Å². The van der Waals surface area contributed by atoms with Crippen LogP contribution in [0.4, 0.5) is 0 Å². The molecule has 6 heteroatoms. The summed E-state index contributed by atoms with van der Waals surface area (Å²) in [7, 11) is 0. The summed E-state index contributed by atoms with van der Waals surface area (Å²) in [5.41, 5.74) is 1.20. The van der Waals surface area contributed by atoms with E-state index in [2.05, 4.69) is 10.3 Å². The van der Waals surface area contributed by atoms with Crippen LogP contribution in [0.15, 0.2) is 18.3 Å². The third-order valence-corrected chi connectivity index (χ3v) is 3.06. The van der Waals surface area contributed by atoms with Crippen molar-refractivity contribution < 1.29 is 9.59 Å². The SMILES string of the molecule is CCC1C(=O)NC(=O)CN1Cc1ccnc(C#N)c1. The van der Waals surface area contributed by atoms with Crippen molar-refractivity contribution in [2.75, 3.05) is 6.54 Å². The maximum absolute atomic E-state index is 11.7. The minimum absolute atomic E-state index is 0.189. The number of pyridine rings is 1. The molecule has 1 unspecified atom stereocenters. The Morgan fingerprint density at radius 3 is 3.05 bits per heavy atom. The molecular formula is C13H14N4O2. The number of rotatable bonds is 3. The van der Waals surface area contributed by atoms with E-state index in [4.69, 9.17) is 5.26 Å². The van der Waals surface area contributed by atoms with Gasteiger partial charge in [0.25, 0.3) is 0 Å². The van der Waals surface area contributed by atoms with Crippen LogP contribution in [0.5, 0.6) is 0 Å². The molecule has 1 saturated heterocycles. The molecule has 1 aromatic heterocycles. The molecule has 19 heavy (non-hydrogen) atoms. The van der Waals surface area contributed by atoms with Crippen LogP contribution in [0, 0.1) is 11.3 Å². The smallest absolute Gasteiger partial charge is 0.243 e. The molecule has 1 aromatic rings. The zero-order valence-corrected chi connectivity index (χ0v) is 10.6. The summed E-state index contributed by atoms with van der Waals surface area (Å²) in [6, 6.07) is 5.12. The van der Waals surface area contributed by atoms with Crippen LogP contribution in [0.25, 0.3) is 0 Å². The van der Waals surface area contributed by atoms with Crippen molar-refractivity contribution in [3.63, 3.8) is 0 Å². The number of nitrogens with zero attached hydrogens (tertiary/aromatic N) is 3. The first kappa shape index (κ1) is 13.2. The summed E-state index contributed by atoms with van der Waals surface area (Å²) in [6.45, 7) is 2.55. The second-order valence-electron chi connectivity index (χ2n) is 4.40. The minimum Gasteiger partial charge on any atom is -0.294 e. The second-order valence-corrected chi connectivity index (χ2v) is 4.40. The van der Waals surface area contributed by atoms with Crippen molar-refractivity contribution in [2.45, 2.75) is 25.9 Å². The molecule has 0 saturated carbocycles. The van der Waals surface area contributed by atoms with Gasteiger partial charge in [-0.3, -0.25) is 19.8 Å². The van der Waals surface area contributed by atoms with Gasteiger partial charge in [0, 0.05) is 12.7 Å². The number of carbonyl (C=O) groups excluding carboxylic acids is 2. The molecule has 2 rings (SSSR count). The van der Waals surface area contributed by atoms with Gasteiger partial charge >= 0.3 is 0 Å². The molecule has 0 spiro atoms. The van der Waals surface area contributed by atoms with Crippen LogP contribution in [0.1, 0.15) is 24.6 Å². The van der Waals surface area contributed by atoms with Crippen LogP contribution in [0.3, 0.4) is 0 Å².